The molecule has 1 fully saturated rings. The molecule has 0 bridgehead atoms. The van der Waals surface area contributed by atoms with Crippen LogP contribution in [0, 0.1) is 0 Å². The zero-order chi connectivity index (χ0) is 24.5. The second-order valence-corrected chi connectivity index (χ2v) is 10.6. The number of carbonyl (C=O) groups is 2. The van der Waals surface area contributed by atoms with E-state index in [1.807, 2.05) is 60.5 Å². The predicted molar refractivity (Wildman–Crippen MR) is 146 cm³/mol. The highest BCUT2D eigenvalue weighted by Crippen LogP contribution is 2.50. The number of rotatable bonds is 5. The van der Waals surface area contributed by atoms with E-state index in [9.17, 15) is 9.59 Å². The molecule has 1 saturated heterocycles. The van der Waals surface area contributed by atoms with Gasteiger partial charge < -0.3 is 4.90 Å². The molecule has 0 aliphatic carbocycles. The van der Waals surface area contributed by atoms with E-state index in [4.69, 9.17) is 16.6 Å². The number of amides is 1. The van der Waals surface area contributed by atoms with Crippen LogP contribution in [0.25, 0.3) is 0 Å². The minimum Gasteiger partial charge on any atom is -0.337 e. The summed E-state index contributed by atoms with van der Waals surface area (Å²) in [6.45, 7) is 2.06. The maximum Gasteiger partial charge on any atom is 0.269 e. The average Bonchev–Trinajstić information content (AvgIpc) is 3.34. The van der Waals surface area contributed by atoms with Crippen molar-refractivity contribution < 1.29 is 9.59 Å². The van der Waals surface area contributed by atoms with Crippen LogP contribution in [-0.2, 0) is 11.2 Å². The Hall–Kier alpha value is -3.00. The number of amidine groups is 1. The summed E-state index contributed by atoms with van der Waals surface area (Å²) in [5.74, 6) is -0.0506. The van der Waals surface area contributed by atoms with Gasteiger partial charge in [0, 0.05) is 29.1 Å². The van der Waals surface area contributed by atoms with Gasteiger partial charge in [0.15, 0.2) is 11.0 Å². The molecular weight excluding hydrogens is 498 g/mol. The highest BCUT2D eigenvalue weighted by Gasteiger charge is 2.39. The lowest BCUT2D eigenvalue weighted by Gasteiger charge is -2.17. The molecule has 0 atom stereocenters. The fraction of sp³-hybridized carbons (Fsp3) is 0.148. The molecule has 3 aromatic carbocycles. The van der Waals surface area contributed by atoms with Crippen molar-refractivity contribution in [1.82, 2.24) is 4.90 Å². The summed E-state index contributed by atoms with van der Waals surface area (Å²) in [6, 6.07) is 23.0. The summed E-state index contributed by atoms with van der Waals surface area (Å²) >= 11 is 9.18. The van der Waals surface area contributed by atoms with Crippen molar-refractivity contribution >= 4 is 63.4 Å². The average molecular weight is 520 g/mol. The number of benzene rings is 3. The van der Waals surface area contributed by atoms with Crippen LogP contribution in [0.1, 0.15) is 22.8 Å². The van der Waals surface area contributed by atoms with E-state index in [1.54, 1.807) is 28.8 Å². The molecule has 2 aliphatic heterocycles. The number of anilines is 1. The third-order valence-corrected chi connectivity index (χ3v) is 8.48. The van der Waals surface area contributed by atoms with E-state index in [-0.39, 0.29) is 11.7 Å². The van der Waals surface area contributed by atoms with Crippen molar-refractivity contribution in [1.29, 1.82) is 0 Å². The molecule has 0 saturated carbocycles. The van der Waals surface area contributed by atoms with Crippen molar-refractivity contribution in [3.63, 3.8) is 0 Å². The molecular formula is C27H22ClN3O2S2. The number of fused-ring (bicyclic) bond motifs is 1. The van der Waals surface area contributed by atoms with Crippen molar-refractivity contribution in [2.75, 3.05) is 18.5 Å². The SMILES string of the molecule is CC(=O)c1ccc(N=C2S/C(=C3\Sc4ccc(Cl)cc4N3C)C(=O)N2CCc2ccccc2)cc1. The monoisotopic (exact) mass is 519 g/mol. The van der Waals surface area contributed by atoms with Gasteiger partial charge in [-0.05, 0) is 73.1 Å². The van der Waals surface area contributed by atoms with Gasteiger partial charge in [0.1, 0.15) is 4.91 Å². The highest BCUT2D eigenvalue weighted by molar-refractivity contribution is 8.19. The smallest absolute Gasteiger partial charge is 0.269 e. The van der Waals surface area contributed by atoms with Crippen LogP contribution in [0.3, 0.4) is 0 Å². The first kappa shape index (κ1) is 23.7. The second kappa shape index (κ2) is 9.93. The van der Waals surface area contributed by atoms with Crippen molar-refractivity contribution in [2.45, 2.75) is 18.2 Å². The third kappa shape index (κ3) is 4.89. The first-order chi connectivity index (χ1) is 16.9. The van der Waals surface area contributed by atoms with Gasteiger partial charge in [-0.2, -0.15) is 0 Å². The minimum atomic E-state index is -0.0571. The molecule has 2 aliphatic rings. The number of nitrogens with zero attached hydrogens (tertiary/aromatic N) is 3. The van der Waals surface area contributed by atoms with Gasteiger partial charge in [-0.3, -0.25) is 14.5 Å². The maximum absolute atomic E-state index is 13.7. The van der Waals surface area contributed by atoms with Gasteiger partial charge in [0.25, 0.3) is 5.91 Å². The van der Waals surface area contributed by atoms with Gasteiger partial charge in [-0.1, -0.05) is 53.7 Å². The molecule has 8 heteroatoms. The molecule has 0 radical (unpaired) electrons. The number of Topliss-reactive ketones (excluding diaryl/α,β-unsaturated/α-hetero) is 1. The van der Waals surface area contributed by atoms with E-state index in [0.29, 0.717) is 32.9 Å². The second-order valence-electron chi connectivity index (χ2n) is 8.20. The van der Waals surface area contributed by atoms with E-state index in [1.165, 1.54) is 18.7 Å². The minimum absolute atomic E-state index is 0.00657. The van der Waals surface area contributed by atoms with Crippen LogP contribution in [-0.4, -0.2) is 35.4 Å². The normalized spacial score (nSPS) is 18.5. The van der Waals surface area contributed by atoms with Crippen LogP contribution in [0.2, 0.25) is 5.02 Å². The largest absolute Gasteiger partial charge is 0.337 e. The maximum atomic E-state index is 13.7. The zero-order valence-corrected chi connectivity index (χ0v) is 21.6. The van der Waals surface area contributed by atoms with Crippen LogP contribution in [0.4, 0.5) is 11.4 Å². The first-order valence-corrected chi connectivity index (χ1v) is 13.1. The molecule has 3 aromatic rings. The molecule has 0 spiro atoms. The van der Waals surface area contributed by atoms with Crippen LogP contribution < -0.4 is 4.90 Å². The van der Waals surface area contributed by atoms with Gasteiger partial charge in [0.2, 0.25) is 0 Å². The van der Waals surface area contributed by atoms with Crippen molar-refractivity contribution in [3.05, 3.63) is 98.9 Å². The molecule has 35 heavy (non-hydrogen) atoms. The summed E-state index contributed by atoms with van der Waals surface area (Å²) < 4.78 is 0. The Kier molecular flexibility index (Phi) is 6.73. The van der Waals surface area contributed by atoms with Crippen LogP contribution >= 0.6 is 35.1 Å². The topological polar surface area (TPSA) is 53.0 Å². The Labute approximate surface area is 217 Å². The summed E-state index contributed by atoms with van der Waals surface area (Å²) in [7, 11) is 1.95. The number of hydrogen-bond acceptors (Lipinski definition) is 6. The summed E-state index contributed by atoms with van der Waals surface area (Å²) in [4.78, 5) is 35.6. The summed E-state index contributed by atoms with van der Waals surface area (Å²) in [6.07, 6.45) is 0.719. The molecule has 5 nitrogen and oxygen atoms in total. The van der Waals surface area contributed by atoms with Gasteiger partial charge >= 0.3 is 0 Å². The van der Waals surface area contributed by atoms with E-state index < -0.39 is 0 Å². The summed E-state index contributed by atoms with van der Waals surface area (Å²) in [5, 5.41) is 2.17. The first-order valence-electron chi connectivity index (χ1n) is 11.1. The predicted octanol–water partition coefficient (Wildman–Crippen LogP) is 6.76. The molecule has 176 valence electrons. The van der Waals surface area contributed by atoms with Crippen molar-refractivity contribution in [2.24, 2.45) is 4.99 Å². The Morgan fingerprint density at radius 1 is 1.00 bits per heavy atom. The van der Waals surface area contributed by atoms with E-state index in [2.05, 4.69) is 12.1 Å². The Morgan fingerprint density at radius 3 is 2.46 bits per heavy atom. The highest BCUT2D eigenvalue weighted by atomic mass is 35.5. The van der Waals surface area contributed by atoms with Gasteiger partial charge in [0.05, 0.1) is 16.4 Å². The van der Waals surface area contributed by atoms with Crippen molar-refractivity contribution in [3.8, 4) is 0 Å². The Balaban J connectivity index is 1.49. The molecule has 0 N–H and O–H groups in total. The number of aliphatic imine (C=N–C) groups is 1. The van der Waals surface area contributed by atoms with Gasteiger partial charge in [-0.15, -0.1) is 0 Å². The van der Waals surface area contributed by atoms with Gasteiger partial charge in [-0.25, -0.2) is 4.99 Å². The lowest BCUT2D eigenvalue weighted by atomic mass is 10.1. The molecule has 1 amide bonds. The number of carbonyl (C=O) groups excluding carboxylic acids is 2. The standard InChI is InChI=1S/C27H22ClN3O2S2/c1-17(32)19-8-11-21(12-9-19)29-27-31(15-14-18-6-4-3-5-7-18)25(33)24(35-27)26-30(2)22-16-20(28)10-13-23(22)34-26/h3-13,16H,14-15H2,1-2H3/b26-24-,29-27?. The number of hydrogen-bond donors (Lipinski definition) is 0. The lowest BCUT2D eigenvalue weighted by Crippen LogP contribution is -2.31. The lowest BCUT2D eigenvalue weighted by molar-refractivity contribution is -0.122. The zero-order valence-electron chi connectivity index (χ0n) is 19.2. The van der Waals surface area contributed by atoms with E-state index >= 15 is 0 Å². The fourth-order valence-corrected chi connectivity index (χ4v) is 6.42. The Morgan fingerprint density at radius 2 is 1.74 bits per heavy atom. The molecule has 0 unspecified atom stereocenters. The quantitative estimate of drug-likeness (QED) is 0.275. The fourth-order valence-electron chi connectivity index (χ4n) is 3.90. The van der Waals surface area contributed by atoms with Crippen LogP contribution in [0.15, 0.2) is 92.6 Å². The number of thioether (sulfide) groups is 2. The summed E-state index contributed by atoms with van der Waals surface area (Å²) in [5.41, 5.74) is 3.47. The molecule has 0 aromatic heterocycles. The molecule has 2 heterocycles. The number of ketones is 1. The Bertz CT molecular complexity index is 1370. The number of halogens is 1. The van der Waals surface area contributed by atoms with E-state index in [0.717, 1.165) is 27.6 Å². The third-order valence-electron chi connectivity index (χ3n) is 5.82. The molecule has 5 rings (SSSR count). The van der Waals surface area contributed by atoms with Crippen LogP contribution in [0.5, 0.6) is 0 Å².